The summed E-state index contributed by atoms with van der Waals surface area (Å²) in [5, 5.41) is 6.47. The predicted octanol–water partition coefficient (Wildman–Crippen LogP) is 4.44. The van der Waals surface area contributed by atoms with Crippen LogP contribution in [0, 0.1) is 0 Å². The van der Waals surface area contributed by atoms with Gasteiger partial charge in [0.1, 0.15) is 6.54 Å². The van der Waals surface area contributed by atoms with Crippen LogP contribution >= 0.6 is 0 Å². The summed E-state index contributed by atoms with van der Waals surface area (Å²) >= 11 is 0. The van der Waals surface area contributed by atoms with Gasteiger partial charge in [-0.25, -0.2) is 4.79 Å². The summed E-state index contributed by atoms with van der Waals surface area (Å²) in [6.45, 7) is 0.180. The van der Waals surface area contributed by atoms with Crippen LogP contribution in [0.3, 0.4) is 0 Å². The molecule has 4 aromatic rings. The molecule has 0 aliphatic rings. The number of carbonyl (C=O) groups is 2. The molecule has 0 bridgehead atoms. The molecule has 0 radical (unpaired) electrons. The Balaban J connectivity index is 1.58. The Kier molecular flexibility index (Phi) is 4.99. The van der Waals surface area contributed by atoms with E-state index in [9.17, 15) is 9.59 Å². The fraction of sp³-hybridized carbons (Fsp3) is 0.0435. The lowest BCUT2D eigenvalue weighted by Crippen LogP contribution is -2.20. The molecule has 144 valence electrons. The normalized spacial score (nSPS) is 10.6. The molecule has 0 fully saturated rings. The zero-order valence-electron chi connectivity index (χ0n) is 15.6. The number of nitrogens with zero attached hydrogens (tertiary/aromatic N) is 1. The number of benzene rings is 3. The summed E-state index contributed by atoms with van der Waals surface area (Å²) in [6, 6.07) is 26.3. The van der Waals surface area contributed by atoms with Gasteiger partial charge in [0.15, 0.2) is 0 Å². The molecule has 1 heterocycles. The second-order valence-electron chi connectivity index (χ2n) is 6.66. The van der Waals surface area contributed by atoms with Crippen LogP contribution in [-0.2, 0) is 11.3 Å². The van der Waals surface area contributed by atoms with Crippen LogP contribution < -0.4 is 16.4 Å². The molecule has 6 nitrogen and oxygen atoms in total. The molecule has 0 unspecified atom stereocenters. The number of primary amides is 1. The van der Waals surface area contributed by atoms with Crippen molar-refractivity contribution in [3.63, 3.8) is 0 Å². The average molecular weight is 384 g/mol. The van der Waals surface area contributed by atoms with Gasteiger partial charge < -0.3 is 20.9 Å². The number of urea groups is 1. The molecular formula is C23H20N4O2. The Morgan fingerprint density at radius 3 is 2.10 bits per heavy atom. The van der Waals surface area contributed by atoms with Crippen molar-refractivity contribution in [2.75, 3.05) is 10.6 Å². The number of carbonyl (C=O) groups excluding carboxylic acids is 2. The van der Waals surface area contributed by atoms with Crippen molar-refractivity contribution in [3.8, 4) is 11.3 Å². The summed E-state index contributed by atoms with van der Waals surface area (Å²) in [5.41, 5.74) is 9.36. The molecule has 3 aromatic carbocycles. The van der Waals surface area contributed by atoms with Gasteiger partial charge in [0.25, 0.3) is 0 Å². The third-order valence-corrected chi connectivity index (χ3v) is 4.62. The lowest BCUT2D eigenvalue weighted by molar-refractivity contribution is -0.116. The highest BCUT2D eigenvalue weighted by Gasteiger charge is 2.13. The average Bonchev–Trinajstić information content (AvgIpc) is 3.08. The molecule has 0 saturated heterocycles. The van der Waals surface area contributed by atoms with E-state index in [1.807, 2.05) is 59.2 Å². The molecule has 3 amide bonds. The highest BCUT2D eigenvalue weighted by atomic mass is 16.2. The van der Waals surface area contributed by atoms with Crippen molar-refractivity contribution in [3.05, 3.63) is 84.9 Å². The zero-order valence-corrected chi connectivity index (χ0v) is 15.6. The number of aromatic nitrogens is 1. The van der Waals surface area contributed by atoms with Crippen molar-refractivity contribution in [2.24, 2.45) is 5.73 Å². The minimum Gasteiger partial charge on any atom is -0.351 e. The van der Waals surface area contributed by atoms with E-state index < -0.39 is 6.03 Å². The van der Waals surface area contributed by atoms with Gasteiger partial charge in [0, 0.05) is 28.0 Å². The first-order valence-electron chi connectivity index (χ1n) is 9.20. The lowest BCUT2D eigenvalue weighted by atomic mass is 10.1. The van der Waals surface area contributed by atoms with Crippen LogP contribution in [0.25, 0.3) is 22.2 Å². The quantitative estimate of drug-likeness (QED) is 0.475. The maximum absolute atomic E-state index is 12.7. The first kappa shape index (κ1) is 18.3. The van der Waals surface area contributed by atoms with Crippen molar-refractivity contribution in [1.29, 1.82) is 0 Å². The number of para-hydroxylation sites is 1. The fourth-order valence-corrected chi connectivity index (χ4v) is 3.35. The Labute approximate surface area is 168 Å². The van der Waals surface area contributed by atoms with E-state index >= 15 is 0 Å². The number of rotatable bonds is 5. The van der Waals surface area contributed by atoms with E-state index in [1.54, 1.807) is 24.3 Å². The van der Waals surface area contributed by atoms with Crippen LogP contribution in [0.2, 0.25) is 0 Å². The first-order chi connectivity index (χ1) is 14.1. The Hall–Kier alpha value is -4.06. The van der Waals surface area contributed by atoms with E-state index in [2.05, 4.69) is 16.7 Å². The molecular weight excluding hydrogens is 364 g/mol. The first-order valence-corrected chi connectivity index (χ1v) is 9.20. The van der Waals surface area contributed by atoms with Crippen molar-refractivity contribution >= 4 is 34.2 Å². The van der Waals surface area contributed by atoms with Gasteiger partial charge in [-0.1, -0.05) is 48.5 Å². The summed E-state index contributed by atoms with van der Waals surface area (Å²) in [7, 11) is 0. The third-order valence-electron chi connectivity index (χ3n) is 4.62. The van der Waals surface area contributed by atoms with Gasteiger partial charge in [-0.05, 0) is 42.0 Å². The van der Waals surface area contributed by atoms with Crippen molar-refractivity contribution in [1.82, 2.24) is 4.57 Å². The summed E-state index contributed by atoms with van der Waals surface area (Å²) in [4.78, 5) is 23.7. The maximum atomic E-state index is 12.7. The monoisotopic (exact) mass is 384 g/mol. The molecule has 0 saturated carbocycles. The van der Waals surface area contributed by atoms with E-state index in [-0.39, 0.29) is 12.5 Å². The largest absolute Gasteiger partial charge is 0.351 e. The Bertz CT molecular complexity index is 1160. The number of fused-ring (bicyclic) bond motifs is 1. The van der Waals surface area contributed by atoms with Gasteiger partial charge in [-0.15, -0.1) is 0 Å². The molecule has 6 heteroatoms. The molecule has 4 rings (SSSR count). The van der Waals surface area contributed by atoms with Gasteiger partial charge in [0.2, 0.25) is 5.91 Å². The number of nitrogens with two attached hydrogens (primary N) is 1. The Morgan fingerprint density at radius 1 is 0.793 bits per heavy atom. The molecule has 4 N–H and O–H groups in total. The molecule has 1 aromatic heterocycles. The van der Waals surface area contributed by atoms with Crippen LogP contribution in [0.5, 0.6) is 0 Å². The molecule has 0 spiro atoms. The molecule has 0 atom stereocenters. The third kappa shape index (κ3) is 4.11. The second-order valence-corrected chi connectivity index (χ2v) is 6.66. The van der Waals surface area contributed by atoms with Crippen LogP contribution in [-0.4, -0.2) is 16.5 Å². The van der Waals surface area contributed by atoms with E-state index in [0.29, 0.717) is 11.4 Å². The highest BCUT2D eigenvalue weighted by Crippen LogP contribution is 2.28. The fourth-order valence-electron chi connectivity index (χ4n) is 3.35. The van der Waals surface area contributed by atoms with E-state index in [4.69, 9.17) is 5.73 Å². The molecule has 0 aliphatic heterocycles. The smallest absolute Gasteiger partial charge is 0.316 e. The second kappa shape index (κ2) is 7.90. The standard InChI is InChI=1S/C23H20N4O2/c24-23(29)26-19-12-10-18(11-13-19)25-22(28)15-27-20-9-5-4-8-17(20)14-21(27)16-6-2-1-3-7-16/h1-14H,15H2,(H,25,28)(H3,24,26,29). The van der Waals surface area contributed by atoms with E-state index in [0.717, 1.165) is 22.2 Å². The predicted molar refractivity (Wildman–Crippen MR) is 116 cm³/mol. The van der Waals surface area contributed by atoms with Gasteiger partial charge in [-0.2, -0.15) is 0 Å². The van der Waals surface area contributed by atoms with Crippen LogP contribution in [0.1, 0.15) is 0 Å². The number of anilines is 2. The number of hydrogen-bond acceptors (Lipinski definition) is 2. The molecule has 0 aliphatic carbocycles. The maximum Gasteiger partial charge on any atom is 0.316 e. The van der Waals surface area contributed by atoms with Crippen LogP contribution in [0.4, 0.5) is 16.2 Å². The SMILES string of the molecule is NC(=O)Nc1ccc(NC(=O)Cn2c(-c3ccccc3)cc3ccccc32)cc1. The minimum absolute atomic E-state index is 0.140. The lowest BCUT2D eigenvalue weighted by Gasteiger charge is -2.12. The number of nitrogens with one attached hydrogen (secondary N) is 2. The Morgan fingerprint density at radius 2 is 1.41 bits per heavy atom. The minimum atomic E-state index is -0.630. The van der Waals surface area contributed by atoms with Gasteiger partial charge >= 0.3 is 6.03 Å². The van der Waals surface area contributed by atoms with Crippen molar-refractivity contribution in [2.45, 2.75) is 6.54 Å². The zero-order chi connectivity index (χ0) is 20.2. The number of amides is 3. The summed E-state index contributed by atoms with van der Waals surface area (Å²) < 4.78 is 2.02. The van der Waals surface area contributed by atoms with Crippen molar-refractivity contribution < 1.29 is 9.59 Å². The van der Waals surface area contributed by atoms with Crippen LogP contribution in [0.15, 0.2) is 84.9 Å². The van der Waals surface area contributed by atoms with Gasteiger partial charge in [-0.3, -0.25) is 4.79 Å². The summed E-state index contributed by atoms with van der Waals surface area (Å²) in [5.74, 6) is -0.140. The van der Waals surface area contributed by atoms with E-state index in [1.165, 1.54) is 0 Å². The van der Waals surface area contributed by atoms with Gasteiger partial charge in [0.05, 0.1) is 0 Å². The highest BCUT2D eigenvalue weighted by molar-refractivity contribution is 5.94. The summed E-state index contributed by atoms with van der Waals surface area (Å²) in [6.07, 6.45) is 0. The number of hydrogen-bond donors (Lipinski definition) is 3. The molecule has 29 heavy (non-hydrogen) atoms. The topological polar surface area (TPSA) is 89.2 Å².